The first-order chi connectivity index (χ1) is 12.1. The standard InChI is InChI=1S/C19H20N2O2S2/c1-3-20(4-2)14-7-5-8-15(11-10-14)21-18(22)17(25-19(21)24)13-16-9-6-12-23-16/h6-13H,3-5H2,1-2H3/b17-13+. The Morgan fingerprint density at radius 3 is 2.80 bits per heavy atom. The van der Waals surface area contributed by atoms with Crippen molar-refractivity contribution in [3.8, 4) is 0 Å². The highest BCUT2D eigenvalue weighted by molar-refractivity contribution is 8.26. The molecule has 0 unspecified atom stereocenters. The van der Waals surface area contributed by atoms with Crippen molar-refractivity contribution in [2.75, 3.05) is 13.1 Å². The molecular formula is C19H20N2O2S2. The highest BCUT2D eigenvalue weighted by atomic mass is 32.2. The van der Waals surface area contributed by atoms with E-state index in [0.29, 0.717) is 15.0 Å². The molecule has 25 heavy (non-hydrogen) atoms. The minimum absolute atomic E-state index is 0.103. The lowest BCUT2D eigenvalue weighted by molar-refractivity contribution is -0.120. The quantitative estimate of drug-likeness (QED) is 0.560. The van der Waals surface area contributed by atoms with Crippen LogP contribution < -0.4 is 0 Å². The van der Waals surface area contributed by atoms with E-state index in [1.807, 2.05) is 18.2 Å². The van der Waals surface area contributed by atoms with E-state index in [1.54, 1.807) is 23.3 Å². The minimum Gasteiger partial charge on any atom is -0.465 e. The van der Waals surface area contributed by atoms with Crippen LogP contribution in [0.4, 0.5) is 0 Å². The number of allylic oxidation sites excluding steroid dienone is 4. The minimum atomic E-state index is -0.103. The number of furan rings is 1. The van der Waals surface area contributed by atoms with Gasteiger partial charge in [0.25, 0.3) is 5.91 Å². The Hall–Kier alpha value is -2.05. The van der Waals surface area contributed by atoms with Crippen LogP contribution in [0.25, 0.3) is 6.08 Å². The molecule has 0 bridgehead atoms. The van der Waals surface area contributed by atoms with Gasteiger partial charge in [-0.1, -0.05) is 36.1 Å². The average Bonchev–Trinajstić information content (AvgIpc) is 3.12. The van der Waals surface area contributed by atoms with E-state index < -0.39 is 0 Å². The smallest absolute Gasteiger partial charge is 0.270 e. The molecule has 130 valence electrons. The maximum absolute atomic E-state index is 12.8. The first-order valence-electron chi connectivity index (χ1n) is 8.28. The lowest BCUT2D eigenvalue weighted by Crippen LogP contribution is -2.26. The fourth-order valence-electron chi connectivity index (χ4n) is 2.79. The van der Waals surface area contributed by atoms with Gasteiger partial charge in [0.2, 0.25) is 0 Å². The topological polar surface area (TPSA) is 36.7 Å². The van der Waals surface area contributed by atoms with E-state index in [-0.39, 0.29) is 5.91 Å². The highest BCUT2D eigenvalue weighted by Gasteiger charge is 2.34. The molecule has 1 aromatic rings. The summed E-state index contributed by atoms with van der Waals surface area (Å²) < 4.78 is 5.84. The third-order valence-corrected chi connectivity index (χ3v) is 5.38. The van der Waals surface area contributed by atoms with Crippen LogP contribution in [0.5, 0.6) is 0 Å². The second kappa shape index (κ2) is 7.89. The van der Waals surface area contributed by atoms with Gasteiger partial charge in [-0.15, -0.1) is 0 Å². The summed E-state index contributed by atoms with van der Waals surface area (Å²) in [6, 6.07) is 3.61. The van der Waals surface area contributed by atoms with E-state index in [9.17, 15) is 4.79 Å². The van der Waals surface area contributed by atoms with Gasteiger partial charge in [-0.25, -0.2) is 0 Å². The number of thioether (sulfide) groups is 1. The van der Waals surface area contributed by atoms with Crippen LogP contribution >= 0.6 is 24.0 Å². The number of rotatable bonds is 5. The molecule has 0 radical (unpaired) electrons. The van der Waals surface area contributed by atoms with Crippen LogP contribution in [-0.4, -0.2) is 33.1 Å². The van der Waals surface area contributed by atoms with Crippen molar-refractivity contribution in [3.05, 3.63) is 64.8 Å². The third kappa shape index (κ3) is 3.80. The van der Waals surface area contributed by atoms with E-state index >= 15 is 0 Å². The summed E-state index contributed by atoms with van der Waals surface area (Å²) in [5, 5.41) is 0. The van der Waals surface area contributed by atoms with Gasteiger partial charge in [0, 0.05) is 30.6 Å². The summed E-state index contributed by atoms with van der Waals surface area (Å²) >= 11 is 6.74. The number of carbonyl (C=O) groups is 1. The monoisotopic (exact) mass is 372 g/mol. The fourth-order valence-corrected chi connectivity index (χ4v) is 4.07. The van der Waals surface area contributed by atoms with Gasteiger partial charge in [-0.3, -0.25) is 9.69 Å². The van der Waals surface area contributed by atoms with Crippen LogP contribution in [0, 0.1) is 0 Å². The van der Waals surface area contributed by atoms with Gasteiger partial charge in [0.15, 0.2) is 4.32 Å². The summed E-state index contributed by atoms with van der Waals surface area (Å²) in [5.74, 6) is 0.546. The average molecular weight is 373 g/mol. The zero-order chi connectivity index (χ0) is 17.8. The van der Waals surface area contributed by atoms with E-state index in [2.05, 4.69) is 30.9 Å². The molecule has 2 aliphatic rings. The van der Waals surface area contributed by atoms with Gasteiger partial charge in [0.1, 0.15) is 5.76 Å². The molecule has 1 aromatic heterocycles. The Morgan fingerprint density at radius 1 is 1.32 bits per heavy atom. The molecule has 1 amide bonds. The Balaban J connectivity index is 1.81. The Labute approximate surface area is 157 Å². The highest BCUT2D eigenvalue weighted by Crippen LogP contribution is 2.36. The van der Waals surface area contributed by atoms with Gasteiger partial charge in [0.05, 0.1) is 11.2 Å². The van der Waals surface area contributed by atoms with Crippen molar-refractivity contribution < 1.29 is 9.21 Å². The zero-order valence-corrected chi connectivity index (χ0v) is 15.9. The molecule has 0 atom stereocenters. The Morgan fingerprint density at radius 2 is 2.12 bits per heavy atom. The molecular weight excluding hydrogens is 352 g/mol. The Kier molecular flexibility index (Phi) is 5.60. The van der Waals surface area contributed by atoms with Crippen molar-refractivity contribution in [1.29, 1.82) is 0 Å². The zero-order valence-electron chi connectivity index (χ0n) is 14.3. The summed E-state index contributed by atoms with van der Waals surface area (Å²) in [5.41, 5.74) is 2.00. The number of likely N-dealkylation sites (N-methyl/N-ethyl adjacent to an activating group) is 1. The predicted molar refractivity (Wildman–Crippen MR) is 107 cm³/mol. The molecule has 1 saturated heterocycles. The van der Waals surface area contributed by atoms with Gasteiger partial charge >= 0.3 is 0 Å². The van der Waals surface area contributed by atoms with Crippen LogP contribution in [0.2, 0.25) is 0 Å². The number of nitrogens with zero attached hydrogens (tertiary/aromatic N) is 2. The second-order valence-corrected chi connectivity index (χ2v) is 7.21. The summed E-state index contributed by atoms with van der Waals surface area (Å²) in [6.45, 7) is 6.18. The molecule has 1 aliphatic heterocycles. The van der Waals surface area contributed by atoms with Crippen LogP contribution in [0.1, 0.15) is 26.0 Å². The van der Waals surface area contributed by atoms with Crippen molar-refractivity contribution in [2.45, 2.75) is 20.3 Å². The van der Waals surface area contributed by atoms with Gasteiger partial charge in [-0.05, 0) is 44.6 Å². The number of thiocarbonyl (C=S) groups is 1. The van der Waals surface area contributed by atoms with Crippen LogP contribution in [0.3, 0.4) is 0 Å². The van der Waals surface area contributed by atoms with E-state index in [1.165, 1.54) is 17.5 Å². The third-order valence-electron chi connectivity index (χ3n) is 4.08. The predicted octanol–water partition coefficient (Wildman–Crippen LogP) is 4.55. The summed E-state index contributed by atoms with van der Waals surface area (Å²) in [4.78, 5) is 17.3. The van der Waals surface area contributed by atoms with Crippen molar-refractivity contribution in [2.24, 2.45) is 0 Å². The summed E-state index contributed by atoms with van der Waals surface area (Å²) in [6.07, 6.45) is 12.3. The number of hydrogen-bond donors (Lipinski definition) is 0. The van der Waals surface area contributed by atoms with E-state index in [0.717, 1.165) is 25.2 Å². The van der Waals surface area contributed by atoms with Crippen molar-refractivity contribution in [1.82, 2.24) is 9.80 Å². The first-order valence-corrected chi connectivity index (χ1v) is 9.51. The lowest BCUT2D eigenvalue weighted by atomic mass is 10.3. The van der Waals surface area contributed by atoms with Crippen molar-refractivity contribution in [3.63, 3.8) is 0 Å². The molecule has 1 aliphatic carbocycles. The van der Waals surface area contributed by atoms with E-state index in [4.69, 9.17) is 16.6 Å². The molecule has 3 rings (SSSR count). The van der Waals surface area contributed by atoms with Gasteiger partial charge < -0.3 is 9.32 Å². The summed E-state index contributed by atoms with van der Waals surface area (Å²) in [7, 11) is 0. The lowest BCUT2D eigenvalue weighted by Gasteiger charge is -2.22. The Bertz CT molecular complexity index is 784. The van der Waals surface area contributed by atoms with Crippen molar-refractivity contribution >= 4 is 40.3 Å². The maximum atomic E-state index is 12.8. The van der Waals surface area contributed by atoms with Gasteiger partial charge in [-0.2, -0.15) is 0 Å². The molecule has 0 saturated carbocycles. The molecule has 2 heterocycles. The molecule has 1 fully saturated rings. The largest absolute Gasteiger partial charge is 0.465 e. The van der Waals surface area contributed by atoms with Crippen LogP contribution in [0.15, 0.2) is 63.4 Å². The molecule has 0 spiro atoms. The molecule has 4 nitrogen and oxygen atoms in total. The normalized spacial score (nSPS) is 19.3. The number of amides is 1. The first kappa shape index (κ1) is 17.8. The fraction of sp³-hybridized carbons (Fsp3) is 0.263. The molecule has 6 heteroatoms. The number of carbonyl (C=O) groups excluding carboxylic acids is 1. The van der Waals surface area contributed by atoms with Crippen LogP contribution in [-0.2, 0) is 4.79 Å². The second-order valence-electron chi connectivity index (χ2n) is 5.53. The molecule has 0 N–H and O–H groups in total. The number of hydrogen-bond acceptors (Lipinski definition) is 5. The SMILES string of the molecule is CCN(CC)C1=CCC=C(N2C(=O)/C(=C\c3ccco3)SC2=S)C=C1. The maximum Gasteiger partial charge on any atom is 0.270 e. The molecule has 0 aromatic carbocycles.